The molecule has 0 aliphatic carbocycles. The van der Waals surface area contributed by atoms with Gasteiger partial charge in [-0.15, -0.1) is 0 Å². The number of nitrogens with zero attached hydrogens (tertiary/aromatic N) is 1. The summed E-state index contributed by atoms with van der Waals surface area (Å²) in [5, 5.41) is 8.72. The summed E-state index contributed by atoms with van der Waals surface area (Å²) in [4.78, 5) is 23.8. The van der Waals surface area contributed by atoms with Crippen molar-refractivity contribution in [2.45, 2.75) is 13.3 Å². The number of aliphatic carboxylic acids is 1. The SMILES string of the molecule is CCCN(CC(=O)O)C(=O)c1ccc(N)c(F)c1. The van der Waals surface area contributed by atoms with Crippen LogP contribution in [0.5, 0.6) is 0 Å². The van der Waals surface area contributed by atoms with Gasteiger partial charge in [0.1, 0.15) is 12.4 Å². The molecule has 1 amide bonds. The smallest absolute Gasteiger partial charge is 0.323 e. The Hall–Kier alpha value is -2.11. The van der Waals surface area contributed by atoms with Crippen LogP contribution in [0.25, 0.3) is 0 Å². The minimum absolute atomic E-state index is 0.0492. The van der Waals surface area contributed by atoms with Crippen LogP contribution in [0, 0.1) is 5.82 Å². The number of nitrogen functional groups attached to an aromatic ring is 1. The number of hydrogen-bond donors (Lipinski definition) is 2. The number of carboxylic acids is 1. The van der Waals surface area contributed by atoms with Gasteiger partial charge >= 0.3 is 5.97 Å². The van der Waals surface area contributed by atoms with Crippen molar-refractivity contribution in [1.29, 1.82) is 0 Å². The van der Waals surface area contributed by atoms with E-state index < -0.39 is 24.2 Å². The highest BCUT2D eigenvalue weighted by molar-refractivity contribution is 5.96. The number of carbonyl (C=O) groups is 2. The lowest BCUT2D eigenvalue weighted by Crippen LogP contribution is -2.36. The molecule has 98 valence electrons. The molecule has 18 heavy (non-hydrogen) atoms. The van der Waals surface area contributed by atoms with Crippen molar-refractivity contribution < 1.29 is 19.1 Å². The number of halogens is 1. The molecule has 0 aromatic heterocycles. The molecule has 0 heterocycles. The van der Waals surface area contributed by atoms with E-state index >= 15 is 0 Å². The van der Waals surface area contributed by atoms with Crippen LogP contribution < -0.4 is 5.73 Å². The molecule has 0 atom stereocenters. The Morgan fingerprint density at radius 1 is 1.44 bits per heavy atom. The maximum atomic E-state index is 13.2. The first-order valence-corrected chi connectivity index (χ1v) is 5.51. The van der Waals surface area contributed by atoms with E-state index in [0.29, 0.717) is 13.0 Å². The zero-order valence-electron chi connectivity index (χ0n) is 10.0. The summed E-state index contributed by atoms with van der Waals surface area (Å²) in [6.45, 7) is 1.72. The van der Waals surface area contributed by atoms with Gasteiger partial charge in [-0.1, -0.05) is 6.92 Å². The van der Waals surface area contributed by atoms with Gasteiger partial charge in [0.05, 0.1) is 5.69 Å². The second kappa shape index (κ2) is 6.00. The second-order valence-corrected chi connectivity index (χ2v) is 3.86. The number of amides is 1. The Labute approximate surface area is 104 Å². The topological polar surface area (TPSA) is 83.6 Å². The first-order valence-electron chi connectivity index (χ1n) is 5.51. The molecule has 0 aliphatic heterocycles. The van der Waals surface area contributed by atoms with Crippen molar-refractivity contribution in [2.24, 2.45) is 0 Å². The highest BCUT2D eigenvalue weighted by Crippen LogP contribution is 2.14. The molecule has 0 fully saturated rings. The fourth-order valence-corrected chi connectivity index (χ4v) is 1.53. The van der Waals surface area contributed by atoms with Gasteiger partial charge in [-0.3, -0.25) is 9.59 Å². The quantitative estimate of drug-likeness (QED) is 0.777. The highest BCUT2D eigenvalue weighted by atomic mass is 19.1. The van der Waals surface area contributed by atoms with Gasteiger partial charge in [-0.25, -0.2) is 4.39 Å². The molecule has 6 heteroatoms. The summed E-state index contributed by atoms with van der Waals surface area (Å²) in [5.41, 5.74) is 5.36. The van der Waals surface area contributed by atoms with E-state index in [2.05, 4.69) is 0 Å². The lowest BCUT2D eigenvalue weighted by Gasteiger charge is -2.20. The number of carboxylic acid groups (broad SMARTS) is 1. The number of hydrogen-bond acceptors (Lipinski definition) is 3. The standard InChI is InChI=1S/C12H15FN2O3/c1-2-5-15(7-11(16)17)12(18)8-3-4-10(14)9(13)6-8/h3-4,6H,2,5,7,14H2,1H3,(H,16,17). The predicted molar refractivity (Wildman–Crippen MR) is 64.6 cm³/mol. The molecule has 0 spiro atoms. The number of benzene rings is 1. The van der Waals surface area contributed by atoms with Crippen molar-refractivity contribution in [3.05, 3.63) is 29.6 Å². The molecule has 0 saturated heterocycles. The van der Waals surface area contributed by atoms with Crippen LogP contribution in [-0.2, 0) is 4.79 Å². The fraction of sp³-hybridized carbons (Fsp3) is 0.333. The summed E-state index contributed by atoms with van der Waals surface area (Å²) in [6, 6.07) is 3.68. The second-order valence-electron chi connectivity index (χ2n) is 3.86. The summed E-state index contributed by atoms with van der Waals surface area (Å²) < 4.78 is 13.2. The van der Waals surface area contributed by atoms with Gasteiger partial charge in [0, 0.05) is 12.1 Å². The number of rotatable bonds is 5. The minimum atomic E-state index is -1.10. The van der Waals surface area contributed by atoms with Gasteiger partial charge in [0.2, 0.25) is 0 Å². The molecule has 1 aromatic carbocycles. The lowest BCUT2D eigenvalue weighted by atomic mass is 10.1. The third-order valence-electron chi connectivity index (χ3n) is 2.35. The molecule has 1 rings (SSSR count). The van der Waals surface area contributed by atoms with Crippen molar-refractivity contribution in [1.82, 2.24) is 4.90 Å². The first-order chi connectivity index (χ1) is 8.45. The zero-order valence-corrected chi connectivity index (χ0v) is 10.0. The summed E-state index contributed by atoms with van der Waals surface area (Å²) in [7, 11) is 0. The van der Waals surface area contributed by atoms with Crippen LogP contribution >= 0.6 is 0 Å². The molecule has 0 aliphatic rings. The van der Waals surface area contributed by atoms with Crippen LogP contribution in [0.3, 0.4) is 0 Å². The molecule has 0 saturated carbocycles. The molecule has 0 radical (unpaired) electrons. The van der Waals surface area contributed by atoms with Crippen LogP contribution in [0.1, 0.15) is 23.7 Å². The molecule has 0 bridgehead atoms. The molecular weight excluding hydrogens is 239 g/mol. The Kier molecular flexibility index (Phi) is 4.65. The number of anilines is 1. The summed E-state index contributed by atoms with van der Waals surface area (Å²) in [6.07, 6.45) is 0.622. The van der Waals surface area contributed by atoms with E-state index in [9.17, 15) is 14.0 Å². The van der Waals surface area contributed by atoms with Gasteiger partial charge < -0.3 is 15.7 Å². The van der Waals surface area contributed by atoms with Gasteiger partial charge in [-0.2, -0.15) is 0 Å². The average molecular weight is 254 g/mol. The monoisotopic (exact) mass is 254 g/mol. The average Bonchev–Trinajstić information content (AvgIpc) is 2.31. The maximum absolute atomic E-state index is 13.2. The maximum Gasteiger partial charge on any atom is 0.323 e. The van der Waals surface area contributed by atoms with Gasteiger partial charge in [-0.05, 0) is 24.6 Å². The number of carbonyl (C=O) groups excluding carboxylic acids is 1. The Morgan fingerprint density at radius 3 is 2.61 bits per heavy atom. The van der Waals surface area contributed by atoms with Crippen molar-refractivity contribution in [2.75, 3.05) is 18.8 Å². The fourth-order valence-electron chi connectivity index (χ4n) is 1.53. The molecule has 3 N–H and O–H groups in total. The van der Waals surface area contributed by atoms with Crippen LogP contribution in [-0.4, -0.2) is 35.0 Å². The molecule has 1 aromatic rings. The first kappa shape index (κ1) is 14.0. The van der Waals surface area contributed by atoms with E-state index in [-0.39, 0.29) is 11.3 Å². The molecule has 0 unspecified atom stereocenters. The van der Waals surface area contributed by atoms with Gasteiger partial charge in [0.15, 0.2) is 0 Å². The minimum Gasteiger partial charge on any atom is -0.480 e. The van der Waals surface area contributed by atoms with Crippen LogP contribution in [0.2, 0.25) is 0 Å². The van der Waals surface area contributed by atoms with Crippen molar-refractivity contribution in [3.63, 3.8) is 0 Å². The number of nitrogens with two attached hydrogens (primary N) is 1. The molecule has 5 nitrogen and oxygen atoms in total. The zero-order chi connectivity index (χ0) is 13.7. The van der Waals surface area contributed by atoms with E-state index in [4.69, 9.17) is 10.8 Å². The third-order valence-corrected chi connectivity index (χ3v) is 2.35. The third kappa shape index (κ3) is 3.44. The van der Waals surface area contributed by atoms with Gasteiger partial charge in [0.25, 0.3) is 5.91 Å². The summed E-state index contributed by atoms with van der Waals surface area (Å²) in [5.74, 6) is -2.31. The van der Waals surface area contributed by atoms with E-state index in [1.54, 1.807) is 0 Å². The van der Waals surface area contributed by atoms with E-state index in [1.165, 1.54) is 12.1 Å². The normalized spacial score (nSPS) is 10.1. The van der Waals surface area contributed by atoms with Crippen LogP contribution in [0.15, 0.2) is 18.2 Å². The predicted octanol–water partition coefficient (Wildman–Crippen LogP) is 1.34. The van der Waals surface area contributed by atoms with Crippen molar-refractivity contribution in [3.8, 4) is 0 Å². The van der Waals surface area contributed by atoms with Crippen molar-refractivity contribution >= 4 is 17.6 Å². The van der Waals surface area contributed by atoms with E-state index in [0.717, 1.165) is 11.0 Å². The largest absolute Gasteiger partial charge is 0.480 e. The van der Waals surface area contributed by atoms with E-state index in [1.807, 2.05) is 6.92 Å². The lowest BCUT2D eigenvalue weighted by molar-refractivity contribution is -0.137. The van der Waals surface area contributed by atoms with Crippen LogP contribution in [0.4, 0.5) is 10.1 Å². The Balaban J connectivity index is 2.93. The Morgan fingerprint density at radius 2 is 2.11 bits per heavy atom. The highest BCUT2D eigenvalue weighted by Gasteiger charge is 2.18. The summed E-state index contributed by atoms with van der Waals surface area (Å²) >= 11 is 0. The molecular formula is C12H15FN2O3. The Bertz CT molecular complexity index is 463.